The van der Waals surface area contributed by atoms with E-state index in [9.17, 15) is 18.8 Å². The third kappa shape index (κ3) is 4.02. The first-order valence-electron chi connectivity index (χ1n) is 5.12. The maximum Gasteiger partial charge on any atom is 0.256 e. The molecule has 0 unspecified atom stereocenters. The van der Waals surface area contributed by atoms with E-state index < -0.39 is 36.6 Å². The average molecular weight is 332 g/mol. The van der Waals surface area contributed by atoms with Gasteiger partial charge in [-0.25, -0.2) is 4.39 Å². The number of carbonyl (C=O) groups is 3. The number of benzene rings is 1. The Kier molecular flexibility index (Phi) is 4.99. The van der Waals surface area contributed by atoms with Gasteiger partial charge in [-0.3, -0.25) is 14.4 Å². The van der Waals surface area contributed by atoms with Gasteiger partial charge in [-0.05, 0) is 28.1 Å². The van der Waals surface area contributed by atoms with E-state index in [0.717, 1.165) is 11.0 Å². The predicted molar refractivity (Wildman–Crippen MR) is 68.4 cm³/mol. The Morgan fingerprint density at radius 2 is 1.68 bits per heavy atom. The van der Waals surface area contributed by atoms with Crippen molar-refractivity contribution < 1.29 is 18.8 Å². The molecule has 8 heteroatoms. The molecule has 0 heterocycles. The van der Waals surface area contributed by atoms with Crippen molar-refractivity contribution in [3.63, 3.8) is 0 Å². The zero-order chi connectivity index (χ0) is 14.6. The molecule has 0 fully saturated rings. The largest absolute Gasteiger partial charge is 0.368 e. The van der Waals surface area contributed by atoms with Gasteiger partial charge in [0, 0.05) is 0 Å². The fourth-order valence-electron chi connectivity index (χ4n) is 1.42. The monoisotopic (exact) mass is 331 g/mol. The Morgan fingerprint density at radius 1 is 1.16 bits per heavy atom. The van der Waals surface area contributed by atoms with Crippen molar-refractivity contribution in [2.24, 2.45) is 11.5 Å². The fraction of sp³-hybridized carbons (Fsp3) is 0.182. The van der Waals surface area contributed by atoms with Crippen LogP contribution < -0.4 is 11.5 Å². The van der Waals surface area contributed by atoms with Crippen LogP contribution in [0.2, 0.25) is 0 Å². The van der Waals surface area contributed by atoms with Gasteiger partial charge in [0.1, 0.15) is 18.9 Å². The number of halogens is 2. The lowest BCUT2D eigenvalue weighted by atomic mass is 10.2. The van der Waals surface area contributed by atoms with E-state index in [1.54, 1.807) is 0 Å². The van der Waals surface area contributed by atoms with E-state index in [2.05, 4.69) is 15.9 Å². The molecule has 0 aliphatic carbocycles. The van der Waals surface area contributed by atoms with Crippen LogP contribution in [0.25, 0.3) is 0 Å². The maximum atomic E-state index is 13.3. The quantitative estimate of drug-likeness (QED) is 0.792. The minimum absolute atomic E-state index is 0.0255. The van der Waals surface area contributed by atoms with Crippen LogP contribution in [0.3, 0.4) is 0 Å². The summed E-state index contributed by atoms with van der Waals surface area (Å²) in [4.78, 5) is 34.7. The third-order valence-corrected chi connectivity index (χ3v) is 2.97. The lowest BCUT2D eigenvalue weighted by Crippen LogP contribution is -2.43. The molecule has 1 aromatic carbocycles. The van der Waals surface area contributed by atoms with Crippen molar-refractivity contribution in [1.29, 1.82) is 0 Å². The molecule has 1 aromatic rings. The van der Waals surface area contributed by atoms with Crippen molar-refractivity contribution in [1.82, 2.24) is 4.90 Å². The standard InChI is InChI=1S/C11H11BrFN3O3/c12-10-6(2-1-3-7(10)13)11(19)16(4-8(14)17)5-9(15)18/h1-3H,4-5H2,(H2,14,17)(H2,15,18). The Labute approximate surface area is 116 Å². The molecule has 0 saturated heterocycles. The second kappa shape index (κ2) is 6.28. The lowest BCUT2D eigenvalue weighted by Gasteiger charge is -2.20. The highest BCUT2D eigenvalue weighted by atomic mass is 79.9. The van der Waals surface area contributed by atoms with Gasteiger partial charge in [0.05, 0.1) is 10.0 Å². The maximum absolute atomic E-state index is 13.3. The summed E-state index contributed by atoms with van der Waals surface area (Å²) in [5.74, 6) is -2.96. The average Bonchev–Trinajstić information content (AvgIpc) is 2.30. The van der Waals surface area contributed by atoms with Gasteiger partial charge in [0.25, 0.3) is 5.91 Å². The molecule has 0 spiro atoms. The molecule has 102 valence electrons. The third-order valence-electron chi connectivity index (χ3n) is 2.16. The van der Waals surface area contributed by atoms with Crippen LogP contribution in [0, 0.1) is 5.82 Å². The minimum Gasteiger partial charge on any atom is -0.368 e. The van der Waals surface area contributed by atoms with Crippen molar-refractivity contribution in [3.05, 3.63) is 34.1 Å². The van der Waals surface area contributed by atoms with Crippen LogP contribution in [0.5, 0.6) is 0 Å². The Morgan fingerprint density at radius 3 is 2.16 bits per heavy atom. The van der Waals surface area contributed by atoms with E-state index >= 15 is 0 Å². The highest BCUT2D eigenvalue weighted by Gasteiger charge is 2.22. The van der Waals surface area contributed by atoms with Crippen LogP contribution in [0.1, 0.15) is 10.4 Å². The second-order valence-electron chi connectivity index (χ2n) is 3.70. The molecule has 0 aliphatic rings. The molecule has 19 heavy (non-hydrogen) atoms. The molecule has 1 rings (SSSR count). The van der Waals surface area contributed by atoms with E-state index in [-0.39, 0.29) is 10.0 Å². The lowest BCUT2D eigenvalue weighted by molar-refractivity contribution is -0.121. The Bertz CT molecular complexity index is 520. The minimum atomic E-state index is -0.804. The molecule has 0 bridgehead atoms. The Balaban J connectivity index is 3.07. The summed E-state index contributed by atoms with van der Waals surface area (Å²) in [6, 6.07) is 3.85. The van der Waals surface area contributed by atoms with E-state index in [1.165, 1.54) is 12.1 Å². The van der Waals surface area contributed by atoms with Gasteiger partial charge in [-0.1, -0.05) is 6.07 Å². The molecule has 0 aromatic heterocycles. The molecule has 0 aliphatic heterocycles. The first kappa shape index (κ1) is 15.1. The number of hydrogen-bond acceptors (Lipinski definition) is 3. The number of amides is 3. The van der Waals surface area contributed by atoms with Crippen LogP contribution in [0.15, 0.2) is 22.7 Å². The summed E-state index contributed by atoms with van der Waals surface area (Å²) < 4.78 is 13.3. The van der Waals surface area contributed by atoms with Crippen molar-refractivity contribution in [3.8, 4) is 0 Å². The normalized spacial score (nSPS) is 10.0. The molecule has 4 N–H and O–H groups in total. The predicted octanol–water partition coefficient (Wildman–Crippen LogP) is 0.001000. The molecular weight excluding hydrogens is 321 g/mol. The number of primary amides is 2. The van der Waals surface area contributed by atoms with Crippen molar-refractivity contribution >= 4 is 33.7 Å². The smallest absolute Gasteiger partial charge is 0.256 e. The molecule has 0 atom stereocenters. The highest BCUT2D eigenvalue weighted by Crippen LogP contribution is 2.21. The molecule has 0 saturated carbocycles. The summed E-state index contributed by atoms with van der Waals surface area (Å²) >= 11 is 2.93. The first-order chi connectivity index (χ1) is 8.82. The molecule has 3 amide bonds. The molecular formula is C11H11BrFN3O3. The fourth-order valence-corrected chi connectivity index (χ4v) is 1.85. The number of rotatable bonds is 5. The van der Waals surface area contributed by atoms with Gasteiger partial charge in [-0.2, -0.15) is 0 Å². The van der Waals surface area contributed by atoms with E-state index in [0.29, 0.717) is 0 Å². The number of carbonyl (C=O) groups excluding carboxylic acids is 3. The van der Waals surface area contributed by atoms with Gasteiger partial charge in [-0.15, -0.1) is 0 Å². The van der Waals surface area contributed by atoms with Gasteiger partial charge >= 0.3 is 0 Å². The van der Waals surface area contributed by atoms with Crippen LogP contribution in [-0.4, -0.2) is 35.7 Å². The highest BCUT2D eigenvalue weighted by molar-refractivity contribution is 9.10. The summed E-state index contributed by atoms with van der Waals surface area (Å²) in [6.07, 6.45) is 0. The van der Waals surface area contributed by atoms with E-state index in [4.69, 9.17) is 11.5 Å². The summed E-state index contributed by atoms with van der Waals surface area (Å²) in [7, 11) is 0. The van der Waals surface area contributed by atoms with Crippen LogP contribution in [0.4, 0.5) is 4.39 Å². The van der Waals surface area contributed by atoms with Gasteiger partial charge in [0.15, 0.2) is 0 Å². The number of hydrogen-bond donors (Lipinski definition) is 2. The summed E-state index contributed by atoms with van der Waals surface area (Å²) in [5, 5.41) is 0. The van der Waals surface area contributed by atoms with Crippen LogP contribution >= 0.6 is 15.9 Å². The van der Waals surface area contributed by atoms with Gasteiger partial charge < -0.3 is 16.4 Å². The van der Waals surface area contributed by atoms with Crippen molar-refractivity contribution in [2.45, 2.75) is 0 Å². The zero-order valence-corrected chi connectivity index (χ0v) is 11.3. The second-order valence-corrected chi connectivity index (χ2v) is 4.49. The topological polar surface area (TPSA) is 106 Å². The summed E-state index contributed by atoms with van der Waals surface area (Å²) in [6.45, 7) is -0.963. The SMILES string of the molecule is NC(=O)CN(CC(N)=O)C(=O)c1cccc(F)c1Br. The first-order valence-corrected chi connectivity index (χ1v) is 5.92. The van der Waals surface area contributed by atoms with E-state index in [1.807, 2.05) is 0 Å². The number of nitrogens with zero attached hydrogens (tertiary/aromatic N) is 1. The van der Waals surface area contributed by atoms with Gasteiger partial charge in [0.2, 0.25) is 11.8 Å². The Hall–Kier alpha value is -1.96. The molecule has 0 radical (unpaired) electrons. The van der Waals surface area contributed by atoms with Crippen LogP contribution in [-0.2, 0) is 9.59 Å². The zero-order valence-electron chi connectivity index (χ0n) is 9.73. The summed E-state index contributed by atoms with van der Waals surface area (Å²) in [5.41, 5.74) is 9.94. The number of nitrogens with two attached hydrogens (primary N) is 2. The molecule has 6 nitrogen and oxygen atoms in total. The van der Waals surface area contributed by atoms with Crippen molar-refractivity contribution in [2.75, 3.05) is 13.1 Å².